The van der Waals surface area contributed by atoms with E-state index in [0.29, 0.717) is 0 Å². The molecule has 0 saturated carbocycles. The van der Waals surface area contributed by atoms with Crippen LogP contribution in [0.25, 0.3) is 0 Å². The van der Waals surface area contributed by atoms with Crippen LogP contribution in [-0.4, -0.2) is 32.2 Å². The van der Waals surface area contributed by atoms with Gasteiger partial charge in [0.05, 0.1) is 27.7 Å². The van der Waals surface area contributed by atoms with E-state index < -0.39 is 15.5 Å². The third kappa shape index (κ3) is 38.3. The van der Waals surface area contributed by atoms with E-state index >= 15 is 0 Å². The van der Waals surface area contributed by atoms with Crippen LogP contribution in [0.1, 0.15) is 71.1 Å². The number of quaternary nitrogens is 1. The summed E-state index contributed by atoms with van der Waals surface area (Å²) >= 11 is -5.94. The van der Waals surface area contributed by atoms with Crippen molar-refractivity contribution in [2.24, 2.45) is 0 Å². The fourth-order valence-corrected chi connectivity index (χ4v) is 2.07. The SMILES string of the molecule is CCCCCCCCCCCC[N+](C)(C)C.[O]=[Tc](=[O])(=[O])[O-]. The van der Waals surface area contributed by atoms with Crippen molar-refractivity contribution in [1.29, 1.82) is 0 Å². The van der Waals surface area contributed by atoms with Gasteiger partial charge in [-0.15, -0.1) is 0 Å². The van der Waals surface area contributed by atoms with E-state index in [-0.39, 0.29) is 0 Å². The Kier molecular flexibility index (Phi) is 15.1. The summed E-state index contributed by atoms with van der Waals surface area (Å²) in [7, 11) is 6.86. The molecule has 6 heteroatoms. The van der Waals surface area contributed by atoms with Crippen molar-refractivity contribution >= 4 is 0 Å². The molecule has 0 fully saturated rings. The van der Waals surface area contributed by atoms with E-state index in [4.69, 9.17) is 14.4 Å². The minimum absolute atomic E-state index is 1.12. The van der Waals surface area contributed by atoms with E-state index in [9.17, 15) is 0 Å². The van der Waals surface area contributed by atoms with Gasteiger partial charge >= 0.3 is 29.9 Å². The quantitative estimate of drug-likeness (QED) is 0.401. The molecule has 0 saturated heterocycles. The Balaban J connectivity index is 0. The Morgan fingerprint density at radius 2 is 1.00 bits per heavy atom. The van der Waals surface area contributed by atoms with Gasteiger partial charge in [-0.1, -0.05) is 58.3 Å². The molecule has 0 bridgehead atoms. The van der Waals surface area contributed by atoms with Gasteiger partial charge < -0.3 is 4.48 Å². The minimum atomic E-state index is -5.94. The summed E-state index contributed by atoms with van der Waals surface area (Å²) in [4.78, 5) is 0. The Morgan fingerprint density at radius 1 is 0.714 bits per heavy atom. The van der Waals surface area contributed by atoms with E-state index in [1.165, 1.54) is 70.8 Å². The van der Waals surface area contributed by atoms with Gasteiger partial charge in [0, 0.05) is 0 Å². The Labute approximate surface area is 133 Å². The van der Waals surface area contributed by atoms with Crippen LogP contribution >= 0.6 is 0 Å². The van der Waals surface area contributed by atoms with Crippen LogP contribution in [0.4, 0.5) is 0 Å². The molecule has 0 rings (SSSR count). The van der Waals surface area contributed by atoms with Gasteiger partial charge in [0.2, 0.25) is 0 Å². The van der Waals surface area contributed by atoms with Crippen LogP contribution in [0.5, 0.6) is 0 Å². The van der Waals surface area contributed by atoms with Crippen LogP contribution in [-0.2, 0) is 26.0 Å². The summed E-state index contributed by atoms with van der Waals surface area (Å²) < 4.78 is 35.6. The van der Waals surface area contributed by atoms with Crippen LogP contribution in [0.15, 0.2) is 0 Å². The number of hydrogen-bond donors (Lipinski definition) is 0. The predicted octanol–water partition coefficient (Wildman–Crippen LogP) is 3.07. The molecule has 21 heavy (non-hydrogen) atoms. The molecule has 0 aromatic carbocycles. The molecule has 0 aliphatic heterocycles. The number of hydrogen-bond acceptors (Lipinski definition) is 4. The van der Waals surface area contributed by atoms with Crippen LogP contribution in [0, 0.1) is 0 Å². The van der Waals surface area contributed by atoms with Crippen molar-refractivity contribution in [1.82, 2.24) is 0 Å². The molecular formula is C15H34NO4Tc. The first-order chi connectivity index (χ1) is 9.56. The maximum absolute atomic E-state index is 8.62. The van der Waals surface area contributed by atoms with E-state index in [1.54, 1.807) is 0 Å². The number of nitrogens with zero attached hydrogens (tertiary/aromatic N) is 1. The molecule has 0 amide bonds. The fraction of sp³-hybridized carbons (Fsp3) is 1.00. The van der Waals surface area contributed by atoms with Crippen molar-refractivity contribution in [3.8, 4) is 0 Å². The van der Waals surface area contributed by atoms with Crippen molar-refractivity contribution in [3.05, 3.63) is 0 Å². The third-order valence-corrected chi connectivity index (χ3v) is 3.18. The average Bonchev–Trinajstić information content (AvgIpc) is 2.28. The van der Waals surface area contributed by atoms with Crippen LogP contribution < -0.4 is 3.86 Å². The number of rotatable bonds is 11. The molecule has 5 nitrogen and oxygen atoms in total. The summed E-state index contributed by atoms with van der Waals surface area (Å²) in [6.07, 6.45) is 14.4. The normalized spacial score (nSPS) is 11.9. The molecule has 0 aliphatic rings. The summed E-state index contributed by atoms with van der Waals surface area (Å²) in [5.41, 5.74) is 0. The second kappa shape index (κ2) is 13.6. The first-order valence-electron chi connectivity index (χ1n) is 7.98. The topological polar surface area (TPSA) is 74.3 Å². The predicted molar refractivity (Wildman–Crippen MR) is 76.8 cm³/mol. The zero-order valence-electron chi connectivity index (χ0n) is 14.2. The van der Waals surface area contributed by atoms with Crippen molar-refractivity contribution in [2.75, 3.05) is 27.7 Å². The third-order valence-electron chi connectivity index (χ3n) is 3.18. The van der Waals surface area contributed by atoms with Gasteiger partial charge in [-0.25, -0.2) is 0 Å². The molecular weight excluding hydrogens is 356 g/mol. The van der Waals surface area contributed by atoms with Gasteiger partial charge in [0.25, 0.3) is 0 Å². The average molecular weight is 390 g/mol. The fourth-order valence-electron chi connectivity index (χ4n) is 2.07. The monoisotopic (exact) mass is 389 g/mol. The molecule has 0 radical (unpaired) electrons. The molecule has 0 N–H and O–H groups in total. The Bertz CT molecular complexity index is 352. The zero-order chi connectivity index (χ0) is 16.8. The van der Waals surface area contributed by atoms with Gasteiger partial charge in [-0.3, -0.25) is 0 Å². The second-order valence-electron chi connectivity index (χ2n) is 6.57. The van der Waals surface area contributed by atoms with Crippen molar-refractivity contribution in [2.45, 2.75) is 71.1 Å². The standard InChI is InChI=1S/C15H34N.4O.Tc/c1-5-6-7-8-9-10-11-12-13-14-15-16(2,3)4;;;;;/h5-15H2,1-4H3;;;;;/q+1;;;;-1;. The summed E-state index contributed by atoms with van der Waals surface area (Å²) in [5.74, 6) is 0. The molecule has 0 aromatic heterocycles. The molecule has 0 aliphatic carbocycles. The first-order valence-corrected chi connectivity index (χ1v) is 11.0. The molecule has 0 spiro atoms. The Hall–Kier alpha value is -0.0306. The molecule has 0 atom stereocenters. The van der Waals surface area contributed by atoms with Gasteiger partial charge in [0.15, 0.2) is 0 Å². The molecule has 0 unspecified atom stereocenters. The summed E-state index contributed by atoms with van der Waals surface area (Å²) in [6, 6.07) is 0. The maximum atomic E-state index is 8.62. The van der Waals surface area contributed by atoms with Crippen molar-refractivity contribution in [3.63, 3.8) is 0 Å². The first kappa shape index (κ1) is 23.2. The van der Waals surface area contributed by atoms with Crippen molar-refractivity contribution < 1.29 is 34.4 Å². The molecule has 0 aromatic rings. The van der Waals surface area contributed by atoms with Gasteiger partial charge in [-0.05, 0) is 12.8 Å². The molecule has 0 heterocycles. The second-order valence-corrected chi connectivity index (χ2v) is 8.43. The summed E-state index contributed by atoms with van der Waals surface area (Å²) in [6.45, 7) is 3.62. The van der Waals surface area contributed by atoms with Crippen LogP contribution in [0.3, 0.4) is 0 Å². The van der Waals surface area contributed by atoms with Crippen LogP contribution in [0.2, 0.25) is 0 Å². The number of unbranched alkanes of at least 4 members (excludes halogenated alkanes) is 9. The Morgan fingerprint density at radius 3 is 1.29 bits per heavy atom. The van der Waals surface area contributed by atoms with E-state index in [0.717, 1.165) is 4.48 Å². The van der Waals surface area contributed by atoms with Gasteiger partial charge in [0.1, 0.15) is 0 Å². The zero-order valence-corrected chi connectivity index (χ0v) is 16.1. The van der Waals surface area contributed by atoms with Gasteiger partial charge in [-0.2, -0.15) is 0 Å². The van der Waals surface area contributed by atoms with E-state index in [1.807, 2.05) is 0 Å². The summed E-state index contributed by atoms with van der Waals surface area (Å²) in [5, 5.41) is 0. The van der Waals surface area contributed by atoms with E-state index in [2.05, 4.69) is 28.1 Å². The molecule has 130 valence electrons.